The van der Waals surface area contributed by atoms with E-state index >= 15 is 0 Å². The third kappa shape index (κ3) is 3.52. The number of carbonyl (C=O) groups is 1. The molecule has 0 spiro atoms. The summed E-state index contributed by atoms with van der Waals surface area (Å²) in [4.78, 5) is 13.3. The van der Waals surface area contributed by atoms with Crippen molar-refractivity contribution in [3.8, 4) is 0 Å². The monoisotopic (exact) mass is 236 g/mol. The van der Waals surface area contributed by atoms with Crippen molar-refractivity contribution in [3.63, 3.8) is 0 Å². The van der Waals surface area contributed by atoms with Gasteiger partial charge < -0.3 is 19.7 Å². The smallest absolute Gasteiger partial charge is 0.410 e. The first-order chi connectivity index (χ1) is 6.86. The molecule has 6 heteroatoms. The van der Waals surface area contributed by atoms with Crippen LogP contribution in [0.1, 0.15) is 6.42 Å². The van der Waals surface area contributed by atoms with Gasteiger partial charge in [-0.25, -0.2) is 4.79 Å². The van der Waals surface area contributed by atoms with Crippen LogP contribution < -0.4 is 5.32 Å². The third-order valence-corrected chi connectivity index (χ3v) is 2.49. The van der Waals surface area contributed by atoms with Gasteiger partial charge >= 0.3 is 6.09 Å². The first kappa shape index (κ1) is 12.5. The predicted octanol–water partition coefficient (Wildman–Crippen LogP) is 0.239. The number of amides is 1. The Bertz CT molecular complexity index is 204. The summed E-state index contributed by atoms with van der Waals surface area (Å²) in [6, 6.07) is 0. The summed E-state index contributed by atoms with van der Waals surface area (Å²) in [5.41, 5.74) is 0. The standard InChI is InChI=1S/C9H16N2O3.ClH/c12-9(14-8-6-10-7-8)11-2-1-4-13-5-3-11;/h8,10H,1-7H2;1H. The summed E-state index contributed by atoms with van der Waals surface area (Å²) < 4.78 is 10.5. The molecule has 0 radical (unpaired) electrons. The number of halogens is 1. The van der Waals surface area contributed by atoms with Crippen molar-refractivity contribution in [2.24, 2.45) is 0 Å². The van der Waals surface area contributed by atoms with Gasteiger partial charge in [-0.2, -0.15) is 0 Å². The van der Waals surface area contributed by atoms with Crippen molar-refractivity contribution in [1.29, 1.82) is 0 Å². The molecule has 0 aromatic heterocycles. The lowest BCUT2D eigenvalue weighted by atomic mass is 10.2. The molecule has 1 N–H and O–H groups in total. The molecule has 2 aliphatic heterocycles. The van der Waals surface area contributed by atoms with Gasteiger partial charge in [0.25, 0.3) is 0 Å². The first-order valence-electron chi connectivity index (χ1n) is 5.10. The van der Waals surface area contributed by atoms with Crippen LogP contribution in [0.3, 0.4) is 0 Å². The van der Waals surface area contributed by atoms with E-state index in [0.717, 1.165) is 32.7 Å². The molecule has 5 nitrogen and oxygen atoms in total. The van der Waals surface area contributed by atoms with Crippen LogP contribution in [0.5, 0.6) is 0 Å². The second kappa shape index (κ2) is 6.15. The summed E-state index contributed by atoms with van der Waals surface area (Å²) in [7, 11) is 0. The number of ether oxygens (including phenoxy) is 2. The maximum absolute atomic E-state index is 11.6. The molecule has 2 saturated heterocycles. The van der Waals surface area contributed by atoms with Gasteiger partial charge in [-0.3, -0.25) is 0 Å². The van der Waals surface area contributed by atoms with Crippen LogP contribution in [0.15, 0.2) is 0 Å². The Balaban J connectivity index is 0.00000112. The van der Waals surface area contributed by atoms with E-state index in [2.05, 4.69) is 5.32 Å². The van der Waals surface area contributed by atoms with Gasteiger partial charge in [0.05, 0.1) is 6.61 Å². The Labute approximate surface area is 95.5 Å². The number of hydrogen-bond donors (Lipinski definition) is 1. The van der Waals surface area contributed by atoms with E-state index < -0.39 is 0 Å². The number of rotatable bonds is 1. The Morgan fingerprint density at radius 1 is 1.33 bits per heavy atom. The molecule has 2 rings (SSSR count). The number of carbonyl (C=O) groups excluding carboxylic acids is 1. The zero-order valence-corrected chi connectivity index (χ0v) is 9.42. The van der Waals surface area contributed by atoms with E-state index in [0.29, 0.717) is 13.2 Å². The molecule has 0 aromatic rings. The van der Waals surface area contributed by atoms with Crippen molar-refractivity contribution in [2.75, 3.05) is 39.4 Å². The van der Waals surface area contributed by atoms with Crippen LogP contribution in [0, 0.1) is 0 Å². The largest absolute Gasteiger partial charge is 0.443 e. The lowest BCUT2D eigenvalue weighted by molar-refractivity contribution is 0.0382. The van der Waals surface area contributed by atoms with Gasteiger partial charge in [0.15, 0.2) is 0 Å². The van der Waals surface area contributed by atoms with Gasteiger partial charge in [-0.15, -0.1) is 12.4 Å². The van der Waals surface area contributed by atoms with Crippen LogP contribution in [-0.4, -0.2) is 56.5 Å². The van der Waals surface area contributed by atoms with Gasteiger partial charge in [0.2, 0.25) is 0 Å². The van der Waals surface area contributed by atoms with Crippen LogP contribution in [-0.2, 0) is 9.47 Å². The molecule has 2 heterocycles. The summed E-state index contributed by atoms with van der Waals surface area (Å²) in [6.45, 7) is 4.34. The van der Waals surface area contributed by atoms with Crippen molar-refractivity contribution >= 4 is 18.5 Å². The molecule has 2 aliphatic rings. The van der Waals surface area contributed by atoms with Gasteiger partial charge in [0.1, 0.15) is 6.10 Å². The van der Waals surface area contributed by atoms with Crippen LogP contribution in [0.4, 0.5) is 4.79 Å². The van der Waals surface area contributed by atoms with E-state index in [1.54, 1.807) is 4.90 Å². The molecule has 0 saturated carbocycles. The molecule has 0 atom stereocenters. The molecule has 0 bridgehead atoms. The molecular weight excluding hydrogens is 220 g/mol. The quantitative estimate of drug-likeness (QED) is 0.709. The second-order valence-corrected chi connectivity index (χ2v) is 3.62. The van der Waals surface area contributed by atoms with Crippen molar-refractivity contribution in [1.82, 2.24) is 10.2 Å². The highest BCUT2D eigenvalue weighted by Gasteiger charge is 2.24. The average Bonchev–Trinajstić information content (AvgIpc) is 2.38. The lowest BCUT2D eigenvalue weighted by Gasteiger charge is -2.29. The van der Waals surface area contributed by atoms with Gasteiger partial charge in [-0.1, -0.05) is 0 Å². The molecule has 88 valence electrons. The summed E-state index contributed by atoms with van der Waals surface area (Å²) in [6.07, 6.45) is 0.784. The van der Waals surface area contributed by atoms with Crippen LogP contribution >= 0.6 is 12.4 Å². The normalized spacial score (nSPS) is 22.3. The Hall–Kier alpha value is -0.520. The number of hydrogen-bond acceptors (Lipinski definition) is 4. The molecule has 15 heavy (non-hydrogen) atoms. The highest BCUT2D eigenvalue weighted by atomic mass is 35.5. The topological polar surface area (TPSA) is 50.8 Å². The fraction of sp³-hybridized carbons (Fsp3) is 0.889. The SMILES string of the molecule is Cl.O=C(OC1CNC1)N1CCCOCC1. The number of nitrogens with one attached hydrogen (secondary N) is 1. The second-order valence-electron chi connectivity index (χ2n) is 3.62. The molecule has 1 amide bonds. The molecule has 0 unspecified atom stereocenters. The summed E-state index contributed by atoms with van der Waals surface area (Å²) in [5, 5.41) is 3.06. The fourth-order valence-corrected chi connectivity index (χ4v) is 1.49. The maximum Gasteiger partial charge on any atom is 0.410 e. The molecule has 2 fully saturated rings. The van der Waals surface area contributed by atoms with E-state index in [1.165, 1.54) is 0 Å². The zero-order valence-electron chi connectivity index (χ0n) is 8.61. The highest BCUT2D eigenvalue weighted by molar-refractivity contribution is 5.85. The summed E-state index contributed by atoms with van der Waals surface area (Å²) in [5.74, 6) is 0. The Morgan fingerprint density at radius 3 is 2.80 bits per heavy atom. The van der Waals surface area contributed by atoms with E-state index in [4.69, 9.17) is 9.47 Å². The molecule has 0 aliphatic carbocycles. The summed E-state index contributed by atoms with van der Waals surface area (Å²) >= 11 is 0. The Kier molecular flexibility index (Phi) is 5.14. The van der Waals surface area contributed by atoms with Gasteiger partial charge in [-0.05, 0) is 6.42 Å². The van der Waals surface area contributed by atoms with Crippen molar-refractivity contribution in [2.45, 2.75) is 12.5 Å². The predicted molar refractivity (Wildman–Crippen MR) is 57.4 cm³/mol. The molecular formula is C9H17ClN2O3. The number of nitrogens with zero attached hydrogens (tertiary/aromatic N) is 1. The van der Waals surface area contributed by atoms with Crippen LogP contribution in [0.25, 0.3) is 0 Å². The fourth-order valence-electron chi connectivity index (χ4n) is 1.49. The van der Waals surface area contributed by atoms with E-state index in [1.807, 2.05) is 0 Å². The zero-order chi connectivity index (χ0) is 9.80. The van der Waals surface area contributed by atoms with Gasteiger partial charge in [0, 0.05) is 32.8 Å². The minimum absolute atomic E-state index is 0. The Morgan fingerprint density at radius 2 is 2.13 bits per heavy atom. The molecule has 0 aromatic carbocycles. The van der Waals surface area contributed by atoms with Crippen molar-refractivity contribution < 1.29 is 14.3 Å². The van der Waals surface area contributed by atoms with Crippen LogP contribution in [0.2, 0.25) is 0 Å². The average molecular weight is 237 g/mol. The van der Waals surface area contributed by atoms with E-state index in [-0.39, 0.29) is 24.6 Å². The lowest BCUT2D eigenvalue weighted by Crippen LogP contribution is -2.51. The minimum Gasteiger partial charge on any atom is -0.443 e. The third-order valence-electron chi connectivity index (χ3n) is 2.49. The minimum atomic E-state index is -0.193. The first-order valence-corrected chi connectivity index (χ1v) is 5.10. The van der Waals surface area contributed by atoms with Crippen molar-refractivity contribution in [3.05, 3.63) is 0 Å². The highest BCUT2D eigenvalue weighted by Crippen LogP contribution is 2.05. The van der Waals surface area contributed by atoms with E-state index in [9.17, 15) is 4.79 Å². The maximum atomic E-state index is 11.6.